The Balaban J connectivity index is 0.000000934. The van der Waals surface area contributed by atoms with Crippen LogP contribution in [0.15, 0.2) is 218 Å². The summed E-state index contributed by atoms with van der Waals surface area (Å²) in [5, 5.41) is 2.39. The van der Waals surface area contributed by atoms with Crippen LogP contribution in [-0.2, 0) is 0 Å². The van der Waals surface area contributed by atoms with Gasteiger partial charge in [-0.1, -0.05) is 236 Å². The van der Waals surface area contributed by atoms with Crippen LogP contribution < -0.4 is 0 Å². The van der Waals surface area contributed by atoms with E-state index >= 15 is 0 Å². The van der Waals surface area contributed by atoms with Crippen molar-refractivity contribution in [2.45, 2.75) is 41.5 Å². The number of hydrogen-bond donors (Lipinski definition) is 1. The highest BCUT2D eigenvalue weighted by Gasteiger charge is 2.20. The van der Waals surface area contributed by atoms with Crippen molar-refractivity contribution < 1.29 is 0 Å². The van der Waals surface area contributed by atoms with Gasteiger partial charge in [0.2, 0.25) is 0 Å². The summed E-state index contributed by atoms with van der Waals surface area (Å²) in [6.07, 6.45) is 0. The number of aromatic nitrogens is 1. The van der Waals surface area contributed by atoms with Crippen molar-refractivity contribution >= 4 is 44.1 Å². The first-order chi connectivity index (χ1) is 29.3. The van der Waals surface area contributed by atoms with Crippen LogP contribution in [0.4, 0.5) is 0 Å². The summed E-state index contributed by atoms with van der Waals surface area (Å²) < 4.78 is 0. The highest BCUT2D eigenvalue weighted by atomic mass is 14.7. The molecule has 0 fully saturated rings. The summed E-state index contributed by atoms with van der Waals surface area (Å²) >= 11 is 0. The normalized spacial score (nSPS) is 10.2. The summed E-state index contributed by atoms with van der Waals surface area (Å²) in [6.45, 7) is 12.0. The molecule has 0 aliphatic carbocycles. The maximum absolute atomic E-state index is 3.74. The van der Waals surface area contributed by atoms with Gasteiger partial charge in [0.15, 0.2) is 0 Å². The van der Waals surface area contributed by atoms with Gasteiger partial charge in [-0.2, -0.15) is 0 Å². The fourth-order valence-corrected chi connectivity index (χ4v) is 7.66. The van der Waals surface area contributed by atoms with E-state index in [1.807, 2.05) is 41.5 Å². The Kier molecular flexibility index (Phi) is 14.8. The van der Waals surface area contributed by atoms with Gasteiger partial charge < -0.3 is 4.98 Å². The summed E-state index contributed by atoms with van der Waals surface area (Å²) in [6, 6.07) is 78.5. The zero-order chi connectivity index (χ0) is 41.4. The van der Waals surface area contributed by atoms with Crippen molar-refractivity contribution in [2.24, 2.45) is 0 Å². The number of fused-ring (bicyclic) bond motifs is 3. The lowest BCUT2D eigenvalue weighted by molar-refractivity contribution is 1.50. The van der Waals surface area contributed by atoms with Gasteiger partial charge in [-0.3, -0.25) is 0 Å². The second-order valence-corrected chi connectivity index (χ2v) is 13.3. The van der Waals surface area contributed by atoms with Gasteiger partial charge in [-0.25, -0.2) is 0 Å². The molecule has 0 spiro atoms. The Morgan fingerprint density at radius 2 is 0.441 bits per heavy atom. The fourth-order valence-electron chi connectivity index (χ4n) is 7.66. The molecule has 1 heteroatoms. The summed E-state index contributed by atoms with van der Waals surface area (Å²) in [5.41, 5.74) is 16.5. The molecular formula is C58H55N. The predicted octanol–water partition coefficient (Wildman–Crippen LogP) is 16.4. The molecule has 0 saturated heterocycles. The van der Waals surface area contributed by atoms with E-state index in [0.29, 0.717) is 0 Å². The zero-order valence-corrected chi connectivity index (χ0v) is 35.3. The van der Waals surface area contributed by atoms with Gasteiger partial charge in [0, 0.05) is 21.8 Å². The number of hydrogen-bond acceptors (Lipinski definition) is 0. The maximum atomic E-state index is 3.74. The van der Waals surface area contributed by atoms with E-state index < -0.39 is 0 Å². The lowest BCUT2D eigenvalue weighted by atomic mass is 9.85. The number of H-pyrrole nitrogens is 1. The van der Waals surface area contributed by atoms with Gasteiger partial charge >= 0.3 is 0 Å². The van der Waals surface area contributed by atoms with Crippen LogP contribution >= 0.6 is 0 Å². The molecule has 1 N–H and O–H groups in total. The monoisotopic (exact) mass is 765 g/mol. The molecule has 9 aromatic rings. The Hall–Kier alpha value is -6.96. The van der Waals surface area contributed by atoms with Crippen LogP contribution in [-0.4, -0.2) is 4.98 Å². The Labute approximate surface area is 352 Å². The molecule has 0 saturated carbocycles. The molecule has 0 bridgehead atoms. The third kappa shape index (κ3) is 9.27. The van der Waals surface area contributed by atoms with Crippen molar-refractivity contribution in [1.29, 1.82) is 0 Å². The lowest BCUT2D eigenvalue weighted by Gasteiger charge is -2.18. The SMILES string of the molecule is CC.CC.CC.c1ccc(C(=C(c2ccccc2)c2ccc3[nH]c4ccc(C(=C(c5ccccc5)c5ccccc5)c5ccccc5)cc4c3c2)c2ccccc2)cc1. The average molecular weight is 766 g/mol. The van der Waals surface area contributed by atoms with Crippen molar-refractivity contribution in [3.8, 4) is 0 Å². The van der Waals surface area contributed by atoms with Gasteiger partial charge in [0.25, 0.3) is 0 Å². The largest absolute Gasteiger partial charge is 0.355 e. The molecular weight excluding hydrogens is 711 g/mol. The van der Waals surface area contributed by atoms with Gasteiger partial charge in [-0.15, -0.1) is 0 Å². The van der Waals surface area contributed by atoms with E-state index in [0.717, 1.165) is 11.0 Å². The molecule has 0 unspecified atom stereocenters. The minimum absolute atomic E-state index is 1.12. The van der Waals surface area contributed by atoms with Gasteiger partial charge in [0.1, 0.15) is 0 Å². The van der Waals surface area contributed by atoms with Crippen LogP contribution in [0.2, 0.25) is 0 Å². The molecule has 1 aromatic heterocycles. The van der Waals surface area contributed by atoms with Crippen molar-refractivity contribution in [1.82, 2.24) is 4.98 Å². The van der Waals surface area contributed by atoms with Crippen LogP contribution in [0, 0.1) is 0 Å². The lowest BCUT2D eigenvalue weighted by Crippen LogP contribution is -1.97. The van der Waals surface area contributed by atoms with Crippen molar-refractivity contribution in [3.05, 3.63) is 263 Å². The van der Waals surface area contributed by atoms with Crippen LogP contribution in [0.5, 0.6) is 0 Å². The number of rotatable bonds is 8. The molecule has 1 nitrogen and oxygen atoms in total. The highest BCUT2D eigenvalue weighted by Crippen LogP contribution is 2.41. The molecule has 0 aliphatic rings. The molecule has 59 heavy (non-hydrogen) atoms. The first-order valence-electron chi connectivity index (χ1n) is 21.2. The number of nitrogens with one attached hydrogen (secondary N) is 1. The fraction of sp³-hybridized carbons (Fsp3) is 0.103. The van der Waals surface area contributed by atoms with Crippen LogP contribution in [0.25, 0.3) is 44.1 Å². The third-order valence-corrected chi connectivity index (χ3v) is 10.1. The van der Waals surface area contributed by atoms with Gasteiger partial charge in [-0.05, 0) is 91.1 Å². The average Bonchev–Trinajstić information content (AvgIpc) is 3.70. The zero-order valence-electron chi connectivity index (χ0n) is 35.3. The summed E-state index contributed by atoms with van der Waals surface area (Å²) in [7, 11) is 0. The molecule has 9 rings (SSSR count). The number of benzene rings is 8. The standard InChI is InChI=1S/C52H37N.3C2H6/c1-7-19-37(20-8-1)49(38-21-9-2-10-22-38)51(41-27-15-5-16-28-41)43-31-33-47-45(35-43)46-36-44(32-34-48(46)53-47)52(42-29-17-6-18-30-42)50(39-23-11-3-12-24-39)40-25-13-4-14-26-40;3*1-2/h1-36,53H;3*1-2H3. The highest BCUT2D eigenvalue weighted by molar-refractivity contribution is 6.13. The minimum Gasteiger partial charge on any atom is -0.355 e. The quantitative estimate of drug-likeness (QED) is 0.148. The van der Waals surface area contributed by atoms with E-state index in [9.17, 15) is 0 Å². The Morgan fingerprint density at radius 3 is 0.661 bits per heavy atom. The second kappa shape index (κ2) is 21.0. The van der Waals surface area contributed by atoms with E-state index in [1.165, 1.54) is 77.6 Å². The smallest absolute Gasteiger partial charge is 0.0465 e. The molecule has 292 valence electrons. The number of aromatic amines is 1. The molecule has 0 aliphatic heterocycles. The first-order valence-corrected chi connectivity index (χ1v) is 21.2. The topological polar surface area (TPSA) is 15.8 Å². The molecule has 0 atom stereocenters. The van der Waals surface area contributed by atoms with E-state index in [-0.39, 0.29) is 0 Å². The summed E-state index contributed by atoms with van der Waals surface area (Å²) in [5.74, 6) is 0. The predicted molar refractivity (Wildman–Crippen MR) is 259 cm³/mol. The maximum Gasteiger partial charge on any atom is 0.0465 e. The van der Waals surface area contributed by atoms with Crippen LogP contribution in [0.1, 0.15) is 86.1 Å². The minimum atomic E-state index is 1.12. The van der Waals surface area contributed by atoms with E-state index in [1.54, 1.807) is 0 Å². The van der Waals surface area contributed by atoms with Crippen molar-refractivity contribution in [3.63, 3.8) is 0 Å². The Bertz CT molecular complexity index is 2430. The third-order valence-electron chi connectivity index (χ3n) is 10.1. The first kappa shape index (κ1) is 41.7. The molecule has 1 heterocycles. The van der Waals surface area contributed by atoms with Gasteiger partial charge in [0.05, 0.1) is 0 Å². The van der Waals surface area contributed by atoms with Crippen molar-refractivity contribution in [2.75, 3.05) is 0 Å². The summed E-state index contributed by atoms with van der Waals surface area (Å²) in [4.78, 5) is 3.74. The van der Waals surface area contributed by atoms with E-state index in [2.05, 4.69) is 223 Å². The van der Waals surface area contributed by atoms with Crippen LogP contribution in [0.3, 0.4) is 0 Å². The Morgan fingerprint density at radius 1 is 0.237 bits per heavy atom. The molecule has 0 amide bonds. The molecule has 0 radical (unpaired) electrons. The molecule has 8 aromatic carbocycles. The van der Waals surface area contributed by atoms with E-state index in [4.69, 9.17) is 0 Å². The second-order valence-electron chi connectivity index (χ2n) is 13.3.